The molecule has 2 heterocycles. The lowest BCUT2D eigenvalue weighted by molar-refractivity contribution is -0.137. The van der Waals surface area contributed by atoms with Gasteiger partial charge in [-0.15, -0.1) is 0 Å². The van der Waals surface area contributed by atoms with Crippen molar-refractivity contribution in [3.8, 4) is 0 Å². The van der Waals surface area contributed by atoms with Gasteiger partial charge in [-0.05, 0) is 35.7 Å². The number of anilines is 1. The summed E-state index contributed by atoms with van der Waals surface area (Å²) < 4.78 is 37.9. The Morgan fingerprint density at radius 3 is 2.11 bits per heavy atom. The SMILES string of the molecule is CC(C)c1ccc(C(=O)N2CCN(c3ccc(C(F)(F)F)cn3)CC2)cc1. The summed E-state index contributed by atoms with van der Waals surface area (Å²) >= 11 is 0. The number of alkyl halides is 3. The molecule has 1 aliphatic heterocycles. The van der Waals surface area contributed by atoms with E-state index >= 15 is 0 Å². The predicted octanol–water partition coefficient (Wildman–Crippen LogP) is 4.19. The third-order valence-corrected chi connectivity index (χ3v) is 4.79. The Bertz CT molecular complexity index is 778. The maximum Gasteiger partial charge on any atom is 0.417 e. The molecular weight excluding hydrogens is 355 g/mol. The number of pyridine rings is 1. The Hall–Kier alpha value is -2.57. The second kappa shape index (κ2) is 7.58. The molecule has 1 fully saturated rings. The summed E-state index contributed by atoms with van der Waals surface area (Å²) in [5, 5.41) is 0. The molecule has 1 saturated heterocycles. The highest BCUT2D eigenvalue weighted by molar-refractivity contribution is 5.94. The minimum atomic E-state index is -4.39. The van der Waals surface area contributed by atoms with Gasteiger partial charge in [0.2, 0.25) is 0 Å². The van der Waals surface area contributed by atoms with Crippen molar-refractivity contribution in [2.24, 2.45) is 0 Å². The Labute approximate surface area is 156 Å². The number of halogens is 3. The fraction of sp³-hybridized carbons (Fsp3) is 0.400. The van der Waals surface area contributed by atoms with E-state index in [-0.39, 0.29) is 5.91 Å². The molecule has 0 aliphatic carbocycles. The van der Waals surface area contributed by atoms with Crippen molar-refractivity contribution in [3.05, 3.63) is 59.3 Å². The van der Waals surface area contributed by atoms with Crippen LogP contribution in [-0.2, 0) is 6.18 Å². The summed E-state index contributed by atoms with van der Waals surface area (Å²) in [6, 6.07) is 10.1. The Balaban J connectivity index is 1.60. The van der Waals surface area contributed by atoms with Gasteiger partial charge in [0, 0.05) is 37.9 Å². The third kappa shape index (κ3) is 4.40. The number of nitrogens with zero attached hydrogens (tertiary/aromatic N) is 3. The monoisotopic (exact) mass is 377 g/mol. The van der Waals surface area contributed by atoms with Crippen molar-refractivity contribution in [1.29, 1.82) is 0 Å². The topological polar surface area (TPSA) is 36.4 Å². The van der Waals surface area contributed by atoms with E-state index in [4.69, 9.17) is 0 Å². The van der Waals surface area contributed by atoms with Crippen LogP contribution in [0.15, 0.2) is 42.6 Å². The zero-order valence-electron chi connectivity index (χ0n) is 15.3. The summed E-state index contributed by atoms with van der Waals surface area (Å²) in [6.45, 7) is 6.29. The number of hydrogen-bond acceptors (Lipinski definition) is 3. The molecule has 0 radical (unpaired) electrons. The van der Waals surface area contributed by atoms with Crippen molar-refractivity contribution >= 4 is 11.7 Å². The molecule has 0 saturated carbocycles. The zero-order valence-corrected chi connectivity index (χ0v) is 15.3. The van der Waals surface area contributed by atoms with E-state index in [2.05, 4.69) is 18.8 Å². The second-order valence-corrected chi connectivity index (χ2v) is 6.96. The fourth-order valence-corrected chi connectivity index (χ4v) is 3.07. The molecule has 144 valence electrons. The molecule has 0 spiro atoms. The van der Waals surface area contributed by atoms with Crippen molar-refractivity contribution in [2.45, 2.75) is 25.9 Å². The highest BCUT2D eigenvalue weighted by Gasteiger charge is 2.31. The summed E-state index contributed by atoms with van der Waals surface area (Å²) in [7, 11) is 0. The molecule has 4 nitrogen and oxygen atoms in total. The lowest BCUT2D eigenvalue weighted by Gasteiger charge is -2.35. The molecule has 1 aromatic heterocycles. The Kier molecular flexibility index (Phi) is 5.39. The lowest BCUT2D eigenvalue weighted by atomic mass is 10.0. The number of rotatable bonds is 3. The molecule has 1 aromatic carbocycles. The first-order chi connectivity index (χ1) is 12.8. The standard InChI is InChI=1S/C20H22F3N3O/c1-14(2)15-3-5-16(6-4-15)19(27)26-11-9-25(10-12-26)18-8-7-17(13-24-18)20(21,22)23/h3-8,13-14H,9-12H2,1-2H3. The summed E-state index contributed by atoms with van der Waals surface area (Å²) in [4.78, 5) is 20.2. The van der Waals surface area contributed by atoms with Crippen LogP contribution in [0.1, 0.15) is 41.3 Å². The average Bonchev–Trinajstić information content (AvgIpc) is 2.67. The number of carbonyl (C=O) groups is 1. The first-order valence-electron chi connectivity index (χ1n) is 8.93. The van der Waals surface area contributed by atoms with Crippen LogP contribution in [0.2, 0.25) is 0 Å². The summed E-state index contributed by atoms with van der Waals surface area (Å²) in [5.74, 6) is 0.885. The summed E-state index contributed by atoms with van der Waals surface area (Å²) in [6.07, 6.45) is -3.54. The minimum Gasteiger partial charge on any atom is -0.353 e. The van der Waals surface area contributed by atoms with Crippen molar-refractivity contribution in [3.63, 3.8) is 0 Å². The maximum absolute atomic E-state index is 12.6. The van der Waals surface area contributed by atoms with Crippen molar-refractivity contribution < 1.29 is 18.0 Å². The van der Waals surface area contributed by atoms with Crippen LogP contribution in [0.5, 0.6) is 0 Å². The van der Waals surface area contributed by atoms with Gasteiger partial charge >= 0.3 is 6.18 Å². The van der Waals surface area contributed by atoms with Gasteiger partial charge in [0.1, 0.15) is 5.82 Å². The zero-order chi connectivity index (χ0) is 19.6. The van der Waals surface area contributed by atoms with E-state index in [1.165, 1.54) is 11.6 Å². The van der Waals surface area contributed by atoms with Crippen LogP contribution in [-0.4, -0.2) is 42.0 Å². The number of carbonyl (C=O) groups excluding carboxylic acids is 1. The highest BCUT2D eigenvalue weighted by atomic mass is 19.4. The van der Waals surface area contributed by atoms with Crippen LogP contribution in [0, 0.1) is 0 Å². The normalized spacial score (nSPS) is 15.3. The Morgan fingerprint density at radius 1 is 1.00 bits per heavy atom. The van der Waals surface area contributed by atoms with E-state index in [1.54, 1.807) is 4.90 Å². The van der Waals surface area contributed by atoms with Gasteiger partial charge in [-0.25, -0.2) is 4.98 Å². The largest absolute Gasteiger partial charge is 0.417 e. The second-order valence-electron chi connectivity index (χ2n) is 6.96. The molecule has 0 bridgehead atoms. The lowest BCUT2D eigenvalue weighted by Crippen LogP contribution is -2.49. The van der Waals surface area contributed by atoms with Crippen LogP contribution >= 0.6 is 0 Å². The van der Waals surface area contributed by atoms with Gasteiger partial charge in [0.05, 0.1) is 5.56 Å². The molecule has 2 aromatic rings. The quantitative estimate of drug-likeness (QED) is 0.805. The smallest absolute Gasteiger partial charge is 0.353 e. The molecule has 3 rings (SSSR count). The molecule has 1 amide bonds. The fourth-order valence-electron chi connectivity index (χ4n) is 3.07. The molecule has 1 aliphatic rings. The van der Waals surface area contributed by atoms with Gasteiger partial charge in [0.25, 0.3) is 5.91 Å². The highest BCUT2D eigenvalue weighted by Crippen LogP contribution is 2.29. The molecule has 7 heteroatoms. The number of aromatic nitrogens is 1. The Morgan fingerprint density at radius 2 is 1.63 bits per heavy atom. The number of amides is 1. The molecule has 0 atom stereocenters. The van der Waals surface area contributed by atoms with E-state index in [9.17, 15) is 18.0 Å². The van der Waals surface area contributed by atoms with E-state index in [0.717, 1.165) is 12.3 Å². The maximum atomic E-state index is 12.6. The van der Waals surface area contributed by atoms with Gasteiger partial charge < -0.3 is 9.80 Å². The number of piperazine rings is 1. The van der Waals surface area contributed by atoms with Crippen LogP contribution in [0.4, 0.5) is 19.0 Å². The first-order valence-corrected chi connectivity index (χ1v) is 8.93. The van der Waals surface area contributed by atoms with Gasteiger partial charge in [0.15, 0.2) is 0 Å². The van der Waals surface area contributed by atoms with Gasteiger partial charge in [-0.2, -0.15) is 13.2 Å². The van der Waals surface area contributed by atoms with Gasteiger partial charge in [-0.3, -0.25) is 4.79 Å². The number of benzene rings is 1. The average molecular weight is 377 g/mol. The van der Waals surface area contributed by atoms with E-state index in [1.807, 2.05) is 29.2 Å². The third-order valence-electron chi connectivity index (χ3n) is 4.79. The molecular formula is C20H22F3N3O. The number of hydrogen-bond donors (Lipinski definition) is 0. The van der Waals surface area contributed by atoms with Crippen LogP contribution in [0.25, 0.3) is 0 Å². The summed E-state index contributed by atoms with van der Waals surface area (Å²) in [5.41, 5.74) is 1.08. The van der Waals surface area contributed by atoms with Crippen LogP contribution < -0.4 is 4.90 Å². The molecule has 27 heavy (non-hydrogen) atoms. The van der Waals surface area contributed by atoms with Crippen molar-refractivity contribution in [2.75, 3.05) is 31.1 Å². The molecule has 0 N–H and O–H groups in total. The predicted molar refractivity (Wildman–Crippen MR) is 97.9 cm³/mol. The van der Waals surface area contributed by atoms with Crippen LogP contribution in [0.3, 0.4) is 0 Å². The van der Waals surface area contributed by atoms with Crippen molar-refractivity contribution in [1.82, 2.24) is 9.88 Å². The van der Waals surface area contributed by atoms with E-state index < -0.39 is 11.7 Å². The minimum absolute atomic E-state index is 0.0228. The van der Waals surface area contributed by atoms with E-state index in [0.29, 0.717) is 43.5 Å². The molecule has 0 unspecified atom stereocenters. The first kappa shape index (κ1) is 19.2. The van der Waals surface area contributed by atoms with Gasteiger partial charge in [-0.1, -0.05) is 26.0 Å².